The van der Waals surface area contributed by atoms with E-state index in [9.17, 15) is 4.79 Å². The Morgan fingerprint density at radius 2 is 1.78 bits per heavy atom. The summed E-state index contributed by atoms with van der Waals surface area (Å²) in [4.78, 5) is 9.87. The van der Waals surface area contributed by atoms with Gasteiger partial charge in [0.15, 0.2) is 0 Å². The van der Waals surface area contributed by atoms with E-state index in [0.717, 1.165) is 0 Å². The third-order valence-electron chi connectivity index (χ3n) is 0.490. The Morgan fingerprint density at radius 1 is 1.44 bits per heavy atom. The average Bonchev–Trinajstić information content (AvgIpc) is 1.64. The first-order valence-corrected chi connectivity index (χ1v) is 2.56. The van der Waals surface area contributed by atoms with E-state index in [2.05, 4.69) is 0 Å². The average molecular weight is 273 g/mol. The van der Waals surface area contributed by atoms with Crippen molar-refractivity contribution in [2.45, 2.75) is 6.92 Å². The van der Waals surface area contributed by atoms with Crippen LogP contribution in [0.1, 0.15) is 6.92 Å². The van der Waals surface area contributed by atoms with Gasteiger partial charge in [0.05, 0.1) is 0 Å². The van der Waals surface area contributed by atoms with Crippen molar-refractivity contribution in [1.82, 2.24) is 0 Å². The summed E-state index contributed by atoms with van der Waals surface area (Å²) >= 11 is 10.3. The number of allylic oxidation sites excluding steroid dienone is 1. The summed E-state index contributed by atoms with van der Waals surface area (Å²) in [5.74, 6) is -1.20. The Hall–Kier alpha value is 0.660. The maximum absolute atomic E-state index is 9.87. The molecule has 0 aromatic rings. The molecular weight excluding hydrogens is 266 g/mol. The van der Waals surface area contributed by atoms with Gasteiger partial charge in [-0.3, -0.25) is 0 Å². The van der Waals surface area contributed by atoms with Crippen LogP contribution in [-0.2, 0) is 4.79 Å². The fourth-order valence-electron chi connectivity index (χ4n) is 0.147. The number of halogens is 2. The van der Waals surface area contributed by atoms with Crippen molar-refractivity contribution in [2.75, 3.05) is 0 Å². The van der Waals surface area contributed by atoms with Gasteiger partial charge in [0, 0.05) is 5.03 Å². The Morgan fingerprint density at radius 3 is 1.78 bits per heavy atom. The molecule has 1 N–H and O–H groups in total. The van der Waals surface area contributed by atoms with Crippen molar-refractivity contribution in [3.8, 4) is 0 Å². The van der Waals surface area contributed by atoms with E-state index in [0.29, 0.717) is 0 Å². The summed E-state index contributed by atoms with van der Waals surface area (Å²) in [7, 11) is 0. The van der Waals surface area contributed by atoms with Crippen molar-refractivity contribution in [3.63, 3.8) is 0 Å². The second-order valence-corrected chi connectivity index (χ2v) is 2.10. The molecule has 0 radical (unpaired) electrons. The van der Waals surface area contributed by atoms with Crippen LogP contribution < -0.4 is 0 Å². The van der Waals surface area contributed by atoms with Crippen LogP contribution in [-0.4, -0.2) is 36.9 Å². The molecule has 0 fully saturated rings. The van der Waals surface area contributed by atoms with Crippen molar-refractivity contribution in [2.24, 2.45) is 0 Å². The van der Waals surface area contributed by atoms with E-state index in [4.69, 9.17) is 28.3 Å². The summed E-state index contributed by atoms with van der Waals surface area (Å²) in [6.45, 7) is 1.41. The number of hydrogen-bond acceptors (Lipinski definition) is 1. The summed E-state index contributed by atoms with van der Waals surface area (Å²) in [6, 6.07) is 0. The topological polar surface area (TPSA) is 37.3 Å². The summed E-state index contributed by atoms with van der Waals surface area (Å²) < 4.78 is 0. The van der Waals surface area contributed by atoms with Crippen LogP contribution in [0.2, 0.25) is 0 Å². The molecule has 0 aliphatic rings. The van der Waals surface area contributed by atoms with E-state index < -0.39 is 5.97 Å². The van der Waals surface area contributed by atoms with Crippen molar-refractivity contribution in [3.05, 3.63) is 10.1 Å². The van der Waals surface area contributed by atoms with Gasteiger partial charge in [-0.05, 0) is 6.92 Å². The minimum atomic E-state index is -1.20. The minimum absolute atomic E-state index is 0. The fourth-order valence-corrected chi connectivity index (χ4v) is 0.228. The van der Waals surface area contributed by atoms with Crippen LogP contribution in [0.5, 0.6) is 0 Å². The zero-order valence-corrected chi connectivity index (χ0v) is 5.62. The van der Waals surface area contributed by atoms with Gasteiger partial charge >= 0.3 is 31.8 Å². The van der Waals surface area contributed by atoms with Gasteiger partial charge in [-0.2, -0.15) is 0 Å². The van der Waals surface area contributed by atoms with Crippen LogP contribution >= 0.6 is 23.2 Å². The second-order valence-electron chi connectivity index (χ2n) is 1.15. The molecular formula is C4H7Cl2InO2. The van der Waals surface area contributed by atoms with Crippen LogP contribution in [0.25, 0.3) is 0 Å². The molecule has 0 aliphatic heterocycles. The molecule has 2 nitrogen and oxygen atoms in total. The third-order valence-corrected chi connectivity index (χ3v) is 1.22. The van der Waals surface area contributed by atoms with E-state index in [1.807, 2.05) is 0 Å². The zero-order chi connectivity index (χ0) is 6.73. The summed E-state index contributed by atoms with van der Waals surface area (Å²) in [5.41, 5.74) is 0. The SMILES string of the molecule is C/C(Cl)=C(\Cl)C(=O)O.[InH3]. The number of carbonyl (C=O) groups is 1. The Balaban J connectivity index is 0. The molecule has 52 valence electrons. The van der Waals surface area contributed by atoms with Gasteiger partial charge < -0.3 is 5.11 Å². The Labute approximate surface area is 81.6 Å². The molecule has 0 aromatic heterocycles. The first-order valence-electron chi connectivity index (χ1n) is 1.81. The molecule has 0 saturated carbocycles. The number of rotatable bonds is 1. The molecule has 5 heteroatoms. The Bertz CT molecular complexity index is 140. The van der Waals surface area contributed by atoms with E-state index >= 15 is 0 Å². The van der Waals surface area contributed by atoms with Crippen LogP contribution in [0.15, 0.2) is 10.1 Å². The van der Waals surface area contributed by atoms with Crippen LogP contribution in [0.3, 0.4) is 0 Å². The van der Waals surface area contributed by atoms with E-state index in [-0.39, 0.29) is 35.9 Å². The third kappa shape index (κ3) is 5.12. The molecule has 0 saturated heterocycles. The predicted octanol–water partition coefficient (Wildman–Crippen LogP) is 0.596. The number of carboxylic acids is 1. The van der Waals surface area contributed by atoms with Crippen molar-refractivity contribution < 1.29 is 9.90 Å². The maximum atomic E-state index is 9.87. The molecule has 9 heavy (non-hydrogen) atoms. The quantitative estimate of drug-likeness (QED) is 0.710. The van der Waals surface area contributed by atoms with E-state index in [1.165, 1.54) is 6.92 Å². The van der Waals surface area contributed by atoms with Crippen LogP contribution in [0.4, 0.5) is 0 Å². The fraction of sp³-hybridized carbons (Fsp3) is 0.250. The molecule has 0 bridgehead atoms. The first kappa shape index (κ1) is 12.3. The molecule has 0 spiro atoms. The molecule has 0 aromatic carbocycles. The van der Waals surface area contributed by atoms with Gasteiger partial charge in [0.25, 0.3) is 0 Å². The number of hydrogen-bond donors (Lipinski definition) is 1. The zero-order valence-electron chi connectivity index (χ0n) is 4.11. The molecule has 0 rings (SSSR count). The monoisotopic (exact) mass is 272 g/mol. The van der Waals surface area contributed by atoms with Crippen LogP contribution in [0, 0.1) is 0 Å². The van der Waals surface area contributed by atoms with Gasteiger partial charge in [0.2, 0.25) is 0 Å². The molecule has 0 heterocycles. The molecule has 0 amide bonds. The van der Waals surface area contributed by atoms with Gasteiger partial charge in [-0.1, -0.05) is 23.2 Å². The second kappa shape index (κ2) is 5.45. The van der Waals surface area contributed by atoms with Gasteiger partial charge in [-0.15, -0.1) is 0 Å². The standard InChI is InChI=1S/C4H4Cl2O2.In.3H/c1-2(5)3(6)4(7)8;;;;/h1H3,(H,7,8);;;;/b3-2+;;;;. The first-order chi connectivity index (χ1) is 3.55. The summed E-state index contributed by atoms with van der Waals surface area (Å²) in [6.07, 6.45) is 0. The normalized spacial score (nSPS) is 11.4. The molecule has 0 atom stereocenters. The number of aliphatic carboxylic acids is 1. The van der Waals surface area contributed by atoms with E-state index in [1.54, 1.807) is 0 Å². The Kier molecular flexibility index (Phi) is 7.47. The van der Waals surface area contributed by atoms with Crippen molar-refractivity contribution >= 4 is 55.0 Å². The number of carboxylic acid groups (broad SMARTS) is 1. The predicted molar refractivity (Wildman–Crippen MR) is 42.0 cm³/mol. The van der Waals surface area contributed by atoms with Crippen molar-refractivity contribution in [1.29, 1.82) is 0 Å². The molecule has 0 aliphatic carbocycles. The van der Waals surface area contributed by atoms with Gasteiger partial charge in [0.1, 0.15) is 5.03 Å². The molecule has 0 unspecified atom stereocenters. The summed E-state index contributed by atoms with van der Waals surface area (Å²) in [5, 5.41) is 7.85. The van der Waals surface area contributed by atoms with Gasteiger partial charge in [-0.25, -0.2) is 4.79 Å².